The largest absolute Gasteiger partial charge is 0.390 e. The van der Waals surface area contributed by atoms with E-state index in [0.29, 0.717) is 0 Å². The molecule has 4 rings (SSSR count). The Balaban J connectivity index is 0.000000653. The fourth-order valence-corrected chi connectivity index (χ4v) is 4.28. The summed E-state index contributed by atoms with van der Waals surface area (Å²) in [6.07, 6.45) is 6.61. The average molecular weight is 204 g/mol. The molecule has 0 aromatic heterocycles. The van der Waals surface area contributed by atoms with Crippen LogP contribution in [0.1, 0.15) is 38.5 Å². The maximum atomic E-state index is 10.2. The Bertz CT molecular complexity index is 197. The lowest BCUT2D eigenvalue weighted by molar-refractivity contribution is -0.133. The summed E-state index contributed by atoms with van der Waals surface area (Å²) >= 11 is 0. The van der Waals surface area contributed by atoms with E-state index in [9.17, 15) is 5.11 Å². The molecule has 0 aromatic rings. The first-order valence-electron chi connectivity index (χ1n) is 5.08. The first-order valence-corrected chi connectivity index (χ1v) is 5.08. The minimum atomic E-state index is -0.362. The Kier molecular flexibility index (Phi) is 1.96. The van der Waals surface area contributed by atoms with Crippen molar-refractivity contribution in [2.24, 2.45) is 17.6 Å². The molecule has 0 radical (unpaired) electrons. The molecule has 0 heterocycles. The summed E-state index contributed by atoms with van der Waals surface area (Å²) in [7, 11) is 0. The van der Waals surface area contributed by atoms with Crippen molar-refractivity contribution in [3.05, 3.63) is 0 Å². The molecule has 4 bridgehead atoms. The zero-order chi connectivity index (χ0) is 8.40. The SMILES string of the molecule is Cl.NC12C[C@H]3C[C@@H](C1)CC(O)(C3)C2. The first-order chi connectivity index (χ1) is 5.57. The van der Waals surface area contributed by atoms with Gasteiger partial charge >= 0.3 is 0 Å². The zero-order valence-corrected chi connectivity index (χ0v) is 8.65. The van der Waals surface area contributed by atoms with Gasteiger partial charge in [-0.25, -0.2) is 0 Å². The van der Waals surface area contributed by atoms with Crippen LogP contribution in [-0.2, 0) is 0 Å². The standard InChI is InChI=1S/C10H17NO.ClH/c11-9-2-7-1-8(3-9)5-10(12,4-7)6-9;/h7-8,12H,1-6,11H2;1H/t7-,8+,9?,10?;. The number of rotatable bonds is 0. The summed E-state index contributed by atoms with van der Waals surface area (Å²) in [4.78, 5) is 0. The second-order valence-electron chi connectivity index (χ2n) is 5.55. The van der Waals surface area contributed by atoms with Gasteiger partial charge in [-0.2, -0.15) is 0 Å². The predicted octanol–water partition coefficient (Wildman–Crippen LogP) is 1.45. The summed E-state index contributed by atoms with van der Waals surface area (Å²) in [6.45, 7) is 0. The lowest BCUT2D eigenvalue weighted by atomic mass is 9.51. The molecule has 76 valence electrons. The predicted molar refractivity (Wildman–Crippen MR) is 53.8 cm³/mol. The van der Waals surface area contributed by atoms with E-state index in [1.165, 1.54) is 19.3 Å². The van der Waals surface area contributed by atoms with Crippen LogP contribution in [0.15, 0.2) is 0 Å². The van der Waals surface area contributed by atoms with E-state index in [1.807, 2.05) is 0 Å². The molecule has 4 aliphatic carbocycles. The Labute approximate surface area is 85.3 Å². The van der Waals surface area contributed by atoms with Gasteiger partial charge in [0.15, 0.2) is 0 Å². The molecule has 3 N–H and O–H groups in total. The molecule has 0 saturated heterocycles. The van der Waals surface area contributed by atoms with Gasteiger partial charge in [-0.05, 0) is 50.4 Å². The summed E-state index contributed by atoms with van der Waals surface area (Å²) in [6, 6.07) is 0. The highest BCUT2D eigenvalue weighted by Gasteiger charge is 2.55. The Morgan fingerprint density at radius 3 is 2.00 bits per heavy atom. The van der Waals surface area contributed by atoms with Crippen LogP contribution in [0.5, 0.6) is 0 Å². The van der Waals surface area contributed by atoms with Crippen molar-refractivity contribution in [1.82, 2.24) is 0 Å². The third kappa shape index (κ3) is 1.39. The summed E-state index contributed by atoms with van der Waals surface area (Å²) < 4.78 is 0. The third-order valence-corrected chi connectivity index (χ3v) is 4.08. The van der Waals surface area contributed by atoms with Crippen molar-refractivity contribution in [2.45, 2.75) is 49.7 Å². The van der Waals surface area contributed by atoms with Gasteiger partial charge in [0, 0.05) is 5.54 Å². The number of hydrogen-bond acceptors (Lipinski definition) is 2. The molecule has 13 heavy (non-hydrogen) atoms. The van der Waals surface area contributed by atoms with Crippen molar-refractivity contribution in [2.75, 3.05) is 0 Å². The minimum absolute atomic E-state index is 0. The van der Waals surface area contributed by atoms with Crippen LogP contribution < -0.4 is 5.73 Å². The number of halogens is 1. The summed E-state index contributed by atoms with van der Waals surface area (Å²) in [5.74, 6) is 1.47. The van der Waals surface area contributed by atoms with Crippen LogP contribution in [0.2, 0.25) is 0 Å². The van der Waals surface area contributed by atoms with E-state index >= 15 is 0 Å². The van der Waals surface area contributed by atoms with Gasteiger partial charge in [0.25, 0.3) is 0 Å². The van der Waals surface area contributed by atoms with E-state index in [-0.39, 0.29) is 23.5 Å². The molecule has 2 unspecified atom stereocenters. The monoisotopic (exact) mass is 203 g/mol. The van der Waals surface area contributed by atoms with Crippen LogP contribution in [0.25, 0.3) is 0 Å². The molecule has 2 nitrogen and oxygen atoms in total. The van der Waals surface area contributed by atoms with Gasteiger partial charge in [0.2, 0.25) is 0 Å². The molecule has 0 aliphatic heterocycles. The quantitative estimate of drug-likeness (QED) is 0.626. The van der Waals surface area contributed by atoms with E-state index in [4.69, 9.17) is 5.73 Å². The smallest absolute Gasteiger partial charge is 0.0670 e. The second kappa shape index (κ2) is 2.62. The van der Waals surface area contributed by atoms with Crippen molar-refractivity contribution in [3.63, 3.8) is 0 Å². The molecule has 4 fully saturated rings. The lowest BCUT2D eigenvalue weighted by Gasteiger charge is -2.58. The fraction of sp³-hybridized carbons (Fsp3) is 1.00. The highest BCUT2D eigenvalue weighted by atomic mass is 35.5. The van der Waals surface area contributed by atoms with Gasteiger partial charge in [0.1, 0.15) is 0 Å². The first kappa shape index (κ1) is 9.75. The van der Waals surface area contributed by atoms with Crippen molar-refractivity contribution >= 4 is 12.4 Å². The Hall–Kier alpha value is 0.210. The highest BCUT2D eigenvalue weighted by molar-refractivity contribution is 5.85. The Morgan fingerprint density at radius 1 is 1.08 bits per heavy atom. The maximum absolute atomic E-state index is 10.2. The van der Waals surface area contributed by atoms with Gasteiger partial charge in [-0.3, -0.25) is 0 Å². The summed E-state index contributed by atoms with van der Waals surface area (Å²) in [5, 5.41) is 10.2. The van der Waals surface area contributed by atoms with Crippen molar-refractivity contribution in [3.8, 4) is 0 Å². The van der Waals surface area contributed by atoms with Gasteiger partial charge in [-0.15, -0.1) is 12.4 Å². The van der Waals surface area contributed by atoms with Crippen molar-refractivity contribution < 1.29 is 5.11 Å². The normalized spacial score (nSPS) is 57.7. The number of hydrogen-bond donors (Lipinski definition) is 2. The lowest BCUT2D eigenvalue weighted by Crippen LogP contribution is -2.62. The molecule has 4 atom stereocenters. The van der Waals surface area contributed by atoms with Crippen LogP contribution in [0.4, 0.5) is 0 Å². The molecule has 4 aliphatic rings. The number of aliphatic hydroxyl groups is 1. The molecule has 0 spiro atoms. The third-order valence-electron chi connectivity index (χ3n) is 4.08. The van der Waals surface area contributed by atoms with Crippen LogP contribution in [0.3, 0.4) is 0 Å². The average Bonchev–Trinajstić information content (AvgIpc) is 1.75. The highest BCUT2D eigenvalue weighted by Crippen LogP contribution is 2.56. The molecular formula is C10H18ClNO. The van der Waals surface area contributed by atoms with E-state index < -0.39 is 0 Å². The maximum Gasteiger partial charge on any atom is 0.0670 e. The second-order valence-corrected chi connectivity index (χ2v) is 5.55. The molecular weight excluding hydrogens is 186 g/mol. The molecule has 0 aromatic carbocycles. The van der Waals surface area contributed by atoms with Crippen LogP contribution in [0, 0.1) is 11.8 Å². The number of nitrogens with two attached hydrogens (primary N) is 1. The van der Waals surface area contributed by atoms with Gasteiger partial charge in [-0.1, -0.05) is 0 Å². The Morgan fingerprint density at radius 2 is 1.62 bits per heavy atom. The van der Waals surface area contributed by atoms with E-state index in [1.54, 1.807) is 0 Å². The zero-order valence-electron chi connectivity index (χ0n) is 7.83. The van der Waals surface area contributed by atoms with E-state index in [2.05, 4.69) is 0 Å². The van der Waals surface area contributed by atoms with E-state index in [0.717, 1.165) is 31.1 Å². The van der Waals surface area contributed by atoms with Crippen LogP contribution >= 0.6 is 12.4 Å². The fourth-order valence-electron chi connectivity index (χ4n) is 4.28. The topological polar surface area (TPSA) is 46.2 Å². The molecule has 3 heteroatoms. The van der Waals surface area contributed by atoms with Gasteiger partial charge in [0.05, 0.1) is 5.60 Å². The van der Waals surface area contributed by atoms with Gasteiger partial charge < -0.3 is 10.8 Å². The minimum Gasteiger partial charge on any atom is -0.390 e. The van der Waals surface area contributed by atoms with Crippen molar-refractivity contribution in [1.29, 1.82) is 0 Å². The van der Waals surface area contributed by atoms with Crippen LogP contribution in [-0.4, -0.2) is 16.2 Å². The molecule has 4 saturated carbocycles. The summed E-state index contributed by atoms with van der Waals surface area (Å²) in [5.41, 5.74) is 5.90. The molecule has 0 amide bonds.